The van der Waals surface area contributed by atoms with Crippen LogP contribution in [-0.2, 0) is 6.42 Å². The average molecular weight is 238 g/mol. The highest BCUT2D eigenvalue weighted by Gasteiger charge is 2.38. The van der Waals surface area contributed by atoms with E-state index >= 15 is 0 Å². The molecule has 0 fully saturated rings. The van der Waals surface area contributed by atoms with Gasteiger partial charge in [-0.3, -0.25) is 0 Å². The van der Waals surface area contributed by atoms with Gasteiger partial charge in [-0.2, -0.15) is 13.2 Å². The number of alkyl halides is 3. The van der Waals surface area contributed by atoms with Crippen molar-refractivity contribution >= 4 is 0 Å². The van der Waals surface area contributed by atoms with Gasteiger partial charge in [0.1, 0.15) is 0 Å². The fourth-order valence-corrected chi connectivity index (χ4v) is 1.27. The van der Waals surface area contributed by atoms with Crippen LogP contribution in [0.1, 0.15) is 5.56 Å². The Morgan fingerprint density at radius 2 is 2.00 bits per heavy atom. The lowest BCUT2D eigenvalue weighted by Crippen LogP contribution is -2.30. The van der Waals surface area contributed by atoms with Crippen molar-refractivity contribution in [3.05, 3.63) is 29.6 Å². The van der Waals surface area contributed by atoms with Gasteiger partial charge < -0.3 is 9.84 Å². The molecule has 1 rings (SSSR count). The molecule has 0 saturated carbocycles. The fourth-order valence-electron chi connectivity index (χ4n) is 1.27. The van der Waals surface area contributed by atoms with Gasteiger partial charge >= 0.3 is 6.18 Å². The third-order valence-electron chi connectivity index (χ3n) is 2.04. The predicted octanol–water partition coefficient (Wildman–Crippen LogP) is 2.30. The molecule has 0 spiro atoms. The van der Waals surface area contributed by atoms with Crippen molar-refractivity contribution in [2.24, 2.45) is 0 Å². The van der Waals surface area contributed by atoms with E-state index < -0.39 is 24.5 Å². The second-order valence-corrected chi connectivity index (χ2v) is 3.19. The first kappa shape index (κ1) is 12.8. The second-order valence-electron chi connectivity index (χ2n) is 3.19. The van der Waals surface area contributed by atoms with Gasteiger partial charge in [-0.25, -0.2) is 4.39 Å². The van der Waals surface area contributed by atoms with Crippen molar-refractivity contribution in [1.29, 1.82) is 0 Å². The number of methoxy groups -OCH3 is 1. The number of halogens is 4. The lowest BCUT2D eigenvalue weighted by molar-refractivity contribution is -0.203. The summed E-state index contributed by atoms with van der Waals surface area (Å²) in [5.41, 5.74) is -0.0210. The van der Waals surface area contributed by atoms with Crippen molar-refractivity contribution in [1.82, 2.24) is 0 Å². The van der Waals surface area contributed by atoms with Crippen molar-refractivity contribution in [2.45, 2.75) is 18.7 Å². The first-order valence-corrected chi connectivity index (χ1v) is 4.42. The Balaban J connectivity index is 2.93. The number of aliphatic hydroxyl groups is 1. The lowest BCUT2D eigenvalue weighted by Gasteiger charge is -2.16. The monoisotopic (exact) mass is 238 g/mol. The highest BCUT2D eigenvalue weighted by atomic mass is 19.4. The highest BCUT2D eigenvalue weighted by molar-refractivity contribution is 5.35. The third kappa shape index (κ3) is 2.85. The molecule has 0 aliphatic rings. The molecule has 1 aromatic rings. The number of para-hydroxylation sites is 1. The Kier molecular flexibility index (Phi) is 3.74. The normalized spacial score (nSPS) is 13.6. The van der Waals surface area contributed by atoms with E-state index in [4.69, 9.17) is 5.11 Å². The second kappa shape index (κ2) is 4.69. The predicted molar refractivity (Wildman–Crippen MR) is 48.7 cm³/mol. The Morgan fingerprint density at radius 1 is 1.38 bits per heavy atom. The Hall–Kier alpha value is -1.30. The molecule has 2 nitrogen and oxygen atoms in total. The van der Waals surface area contributed by atoms with E-state index in [0.717, 1.165) is 13.2 Å². The van der Waals surface area contributed by atoms with Crippen molar-refractivity contribution in [3.63, 3.8) is 0 Å². The molecule has 90 valence electrons. The first-order valence-electron chi connectivity index (χ1n) is 4.42. The van der Waals surface area contributed by atoms with Crippen LogP contribution in [-0.4, -0.2) is 24.5 Å². The van der Waals surface area contributed by atoms with Crippen molar-refractivity contribution in [3.8, 4) is 5.75 Å². The summed E-state index contributed by atoms with van der Waals surface area (Å²) in [6.45, 7) is 0. The maximum Gasteiger partial charge on any atom is 0.414 e. The molecular formula is C10H10F4O2. The van der Waals surface area contributed by atoms with Crippen LogP contribution in [0.3, 0.4) is 0 Å². The minimum Gasteiger partial charge on any atom is -0.493 e. The van der Waals surface area contributed by atoms with Crippen LogP contribution in [0.4, 0.5) is 17.6 Å². The van der Waals surface area contributed by atoms with Gasteiger partial charge in [0.05, 0.1) is 7.11 Å². The maximum atomic E-state index is 13.1. The quantitative estimate of drug-likeness (QED) is 0.819. The van der Waals surface area contributed by atoms with Crippen LogP contribution >= 0.6 is 0 Å². The zero-order chi connectivity index (χ0) is 12.3. The van der Waals surface area contributed by atoms with Gasteiger partial charge in [0.2, 0.25) is 0 Å². The Morgan fingerprint density at radius 3 is 2.50 bits per heavy atom. The number of rotatable bonds is 3. The van der Waals surface area contributed by atoms with Crippen molar-refractivity contribution < 1.29 is 27.4 Å². The van der Waals surface area contributed by atoms with E-state index in [1.54, 1.807) is 0 Å². The van der Waals surface area contributed by atoms with Crippen LogP contribution in [0.5, 0.6) is 5.75 Å². The molecule has 0 amide bonds. The van der Waals surface area contributed by atoms with Gasteiger partial charge in [-0.05, 0) is 6.07 Å². The van der Waals surface area contributed by atoms with E-state index in [1.807, 2.05) is 0 Å². The van der Waals surface area contributed by atoms with Gasteiger partial charge in [0.25, 0.3) is 0 Å². The molecule has 0 aliphatic heterocycles. The van der Waals surface area contributed by atoms with Crippen LogP contribution in [0.25, 0.3) is 0 Å². The SMILES string of the molecule is COc1c(F)cccc1CC(O)C(F)(F)F. The molecule has 0 heterocycles. The number of aliphatic hydroxyl groups excluding tert-OH is 1. The molecule has 0 bridgehead atoms. The summed E-state index contributed by atoms with van der Waals surface area (Å²) < 4.78 is 54.0. The summed E-state index contributed by atoms with van der Waals surface area (Å²) in [6, 6.07) is 3.61. The molecule has 0 aliphatic carbocycles. The highest BCUT2D eigenvalue weighted by Crippen LogP contribution is 2.28. The average Bonchev–Trinajstić information content (AvgIpc) is 2.16. The van der Waals surface area contributed by atoms with Crippen molar-refractivity contribution in [2.75, 3.05) is 7.11 Å². The molecule has 16 heavy (non-hydrogen) atoms. The van der Waals surface area contributed by atoms with Gasteiger partial charge in [0.15, 0.2) is 17.7 Å². The molecule has 6 heteroatoms. The lowest BCUT2D eigenvalue weighted by atomic mass is 10.1. The number of hydrogen-bond donors (Lipinski definition) is 1. The van der Waals surface area contributed by atoms with Crippen LogP contribution in [0.15, 0.2) is 18.2 Å². The number of hydrogen-bond acceptors (Lipinski definition) is 2. The van der Waals surface area contributed by atoms with E-state index in [-0.39, 0.29) is 11.3 Å². The smallest absolute Gasteiger partial charge is 0.414 e. The number of benzene rings is 1. The summed E-state index contributed by atoms with van der Waals surface area (Å²) in [5.74, 6) is -1.03. The van der Waals surface area contributed by atoms with Gasteiger partial charge in [-0.1, -0.05) is 12.1 Å². The molecule has 0 saturated heterocycles. The topological polar surface area (TPSA) is 29.5 Å². The molecule has 1 atom stereocenters. The van der Waals surface area contributed by atoms with E-state index in [1.165, 1.54) is 12.1 Å². The van der Waals surface area contributed by atoms with Crippen LogP contribution in [0.2, 0.25) is 0 Å². The fraction of sp³-hybridized carbons (Fsp3) is 0.400. The summed E-state index contributed by atoms with van der Waals surface area (Å²) >= 11 is 0. The number of ether oxygens (including phenoxy) is 1. The molecule has 1 unspecified atom stereocenters. The van der Waals surface area contributed by atoms with Crippen LogP contribution < -0.4 is 4.74 Å². The summed E-state index contributed by atoms with van der Waals surface area (Å²) in [5, 5.41) is 8.85. The minimum absolute atomic E-state index is 0.0210. The van der Waals surface area contributed by atoms with E-state index in [9.17, 15) is 17.6 Å². The molecule has 0 aromatic heterocycles. The van der Waals surface area contributed by atoms with Gasteiger partial charge in [-0.15, -0.1) is 0 Å². The van der Waals surface area contributed by atoms with E-state index in [2.05, 4.69) is 4.74 Å². The first-order chi connectivity index (χ1) is 7.36. The summed E-state index contributed by atoms with van der Waals surface area (Å²) in [7, 11) is 1.15. The Labute approximate surface area is 89.5 Å². The minimum atomic E-state index is -4.72. The standard InChI is InChI=1S/C10H10F4O2/c1-16-9-6(3-2-4-7(9)11)5-8(15)10(12,13)14/h2-4,8,15H,5H2,1H3. The largest absolute Gasteiger partial charge is 0.493 e. The Bertz CT molecular complexity index is 362. The summed E-state index contributed by atoms with van der Waals surface area (Å²) in [4.78, 5) is 0. The molecular weight excluding hydrogens is 228 g/mol. The molecule has 1 aromatic carbocycles. The van der Waals surface area contributed by atoms with Gasteiger partial charge in [0, 0.05) is 12.0 Å². The molecule has 0 radical (unpaired) electrons. The zero-order valence-electron chi connectivity index (χ0n) is 8.38. The molecule has 1 N–H and O–H groups in total. The third-order valence-corrected chi connectivity index (χ3v) is 2.04. The van der Waals surface area contributed by atoms with Crippen LogP contribution in [0, 0.1) is 5.82 Å². The van der Waals surface area contributed by atoms with E-state index in [0.29, 0.717) is 0 Å². The zero-order valence-corrected chi connectivity index (χ0v) is 8.38. The summed E-state index contributed by atoms with van der Waals surface area (Å²) in [6.07, 6.45) is -7.98. The maximum absolute atomic E-state index is 13.1.